The predicted octanol–water partition coefficient (Wildman–Crippen LogP) is 2.57. The number of allylic oxidation sites excluding steroid dienone is 1. The molecule has 4 nitrogen and oxygen atoms in total. The van der Waals surface area contributed by atoms with Gasteiger partial charge < -0.3 is 9.57 Å². The number of rotatable bonds is 1. The molecule has 2 aliphatic heterocycles. The van der Waals surface area contributed by atoms with Gasteiger partial charge in [0.1, 0.15) is 5.76 Å². The van der Waals surface area contributed by atoms with Crippen LogP contribution in [0.1, 0.15) is 35.1 Å². The Morgan fingerprint density at radius 3 is 2.64 bits per heavy atom. The lowest BCUT2D eigenvalue weighted by molar-refractivity contribution is -0.177. The van der Waals surface area contributed by atoms with Crippen LogP contribution in [-0.4, -0.2) is 36.6 Å². The third-order valence-electron chi connectivity index (χ3n) is 5.19. The summed E-state index contributed by atoms with van der Waals surface area (Å²) in [5.74, 6) is 1.07. The Hall–Kier alpha value is -1.65. The van der Waals surface area contributed by atoms with E-state index in [2.05, 4.69) is 26.0 Å². The molecule has 1 aromatic rings. The largest absolute Gasteiger partial charge is 0.482 e. The standard InChI is InChI=1S/C18H21NO3/c1-11-8-12(2)15-13(9-11)10-14-16(15)17(20)18(22-14)4-6-19(21-3)7-5-18/h8-9H,4-7,10H2,1-3H3. The van der Waals surface area contributed by atoms with Crippen molar-refractivity contribution in [2.45, 2.75) is 38.7 Å². The van der Waals surface area contributed by atoms with Crippen LogP contribution < -0.4 is 0 Å². The molecule has 0 N–H and O–H groups in total. The normalized spacial score (nSPS) is 23.0. The summed E-state index contributed by atoms with van der Waals surface area (Å²) in [6, 6.07) is 4.33. The first-order chi connectivity index (χ1) is 10.5. The van der Waals surface area contributed by atoms with Gasteiger partial charge in [-0.05, 0) is 30.5 Å². The highest BCUT2D eigenvalue weighted by Crippen LogP contribution is 2.48. The molecule has 0 aromatic heterocycles. The number of benzene rings is 1. The van der Waals surface area contributed by atoms with Gasteiger partial charge >= 0.3 is 0 Å². The van der Waals surface area contributed by atoms with Crippen molar-refractivity contribution in [3.8, 4) is 0 Å². The van der Waals surface area contributed by atoms with Gasteiger partial charge in [-0.3, -0.25) is 4.79 Å². The molecular weight excluding hydrogens is 278 g/mol. The first-order valence-electron chi connectivity index (χ1n) is 7.90. The van der Waals surface area contributed by atoms with Crippen LogP contribution in [0.25, 0.3) is 5.57 Å². The second-order valence-corrected chi connectivity index (χ2v) is 6.63. The Morgan fingerprint density at radius 1 is 1.23 bits per heavy atom. The second-order valence-electron chi connectivity index (χ2n) is 6.63. The molecule has 22 heavy (non-hydrogen) atoms. The lowest BCUT2D eigenvalue weighted by Gasteiger charge is -2.37. The smallest absolute Gasteiger partial charge is 0.210 e. The second kappa shape index (κ2) is 4.67. The minimum atomic E-state index is -0.644. The molecule has 1 saturated heterocycles. The van der Waals surface area contributed by atoms with Gasteiger partial charge in [-0.1, -0.05) is 17.7 Å². The summed E-state index contributed by atoms with van der Waals surface area (Å²) in [5, 5.41) is 1.90. The van der Waals surface area contributed by atoms with E-state index in [9.17, 15) is 4.79 Å². The Bertz CT molecular complexity index is 697. The van der Waals surface area contributed by atoms with E-state index < -0.39 is 5.60 Å². The minimum Gasteiger partial charge on any atom is -0.482 e. The number of aryl methyl sites for hydroxylation is 2. The molecule has 0 radical (unpaired) electrons. The van der Waals surface area contributed by atoms with Crippen molar-refractivity contribution >= 4 is 11.4 Å². The molecule has 2 heterocycles. The van der Waals surface area contributed by atoms with Crippen molar-refractivity contribution in [2.75, 3.05) is 20.2 Å². The van der Waals surface area contributed by atoms with Crippen LogP contribution in [0.2, 0.25) is 0 Å². The number of fused-ring (bicyclic) bond motifs is 2. The molecule has 1 aromatic carbocycles. The molecule has 0 bridgehead atoms. The quantitative estimate of drug-likeness (QED) is 0.799. The number of carbonyl (C=O) groups is 1. The lowest BCUT2D eigenvalue weighted by Crippen LogP contribution is -2.48. The highest BCUT2D eigenvalue weighted by atomic mass is 16.7. The highest BCUT2D eigenvalue weighted by Gasteiger charge is 2.53. The van der Waals surface area contributed by atoms with E-state index in [0.717, 1.165) is 36.4 Å². The van der Waals surface area contributed by atoms with E-state index in [1.165, 1.54) is 16.7 Å². The zero-order valence-electron chi connectivity index (χ0n) is 13.4. The van der Waals surface area contributed by atoms with E-state index in [0.29, 0.717) is 12.8 Å². The number of nitrogens with zero attached hydrogens (tertiary/aromatic N) is 1. The predicted molar refractivity (Wildman–Crippen MR) is 83.2 cm³/mol. The van der Waals surface area contributed by atoms with Crippen LogP contribution in [-0.2, 0) is 20.8 Å². The highest BCUT2D eigenvalue weighted by molar-refractivity contribution is 6.28. The third kappa shape index (κ3) is 1.80. The number of carbonyl (C=O) groups excluding carboxylic acids is 1. The average Bonchev–Trinajstić information content (AvgIpc) is 2.95. The molecule has 3 aliphatic rings. The van der Waals surface area contributed by atoms with Gasteiger partial charge in [0.2, 0.25) is 5.78 Å². The van der Waals surface area contributed by atoms with Crippen LogP contribution in [0.4, 0.5) is 0 Å². The van der Waals surface area contributed by atoms with Gasteiger partial charge in [-0.2, -0.15) is 5.06 Å². The van der Waals surface area contributed by atoms with Crippen LogP contribution in [0.15, 0.2) is 17.9 Å². The fourth-order valence-electron chi connectivity index (χ4n) is 4.15. The van der Waals surface area contributed by atoms with Crippen molar-refractivity contribution in [2.24, 2.45) is 0 Å². The Balaban J connectivity index is 1.68. The molecular formula is C18H21NO3. The molecule has 0 unspecified atom stereocenters. The number of hydroxylamine groups is 2. The molecule has 0 atom stereocenters. The number of ether oxygens (including phenoxy) is 1. The van der Waals surface area contributed by atoms with E-state index >= 15 is 0 Å². The summed E-state index contributed by atoms with van der Waals surface area (Å²) in [6.45, 7) is 5.67. The monoisotopic (exact) mass is 299 g/mol. The van der Waals surface area contributed by atoms with Gasteiger partial charge in [0.15, 0.2) is 5.60 Å². The number of ketones is 1. The van der Waals surface area contributed by atoms with Crippen molar-refractivity contribution in [3.05, 3.63) is 40.1 Å². The van der Waals surface area contributed by atoms with E-state index in [1.54, 1.807) is 7.11 Å². The van der Waals surface area contributed by atoms with Gasteiger partial charge in [-0.15, -0.1) is 0 Å². The SMILES string of the molecule is CON1CCC2(CC1)OC1=C(C2=O)c2c(C)cc(C)cc2C1. The number of hydrogen-bond acceptors (Lipinski definition) is 4. The maximum absolute atomic E-state index is 13.1. The third-order valence-corrected chi connectivity index (χ3v) is 5.19. The van der Waals surface area contributed by atoms with Gasteiger partial charge in [0.05, 0.1) is 12.7 Å². The van der Waals surface area contributed by atoms with Crippen LogP contribution in [0, 0.1) is 13.8 Å². The summed E-state index contributed by atoms with van der Waals surface area (Å²) >= 11 is 0. The summed E-state index contributed by atoms with van der Waals surface area (Å²) in [7, 11) is 1.68. The van der Waals surface area contributed by atoms with Crippen LogP contribution in [0.5, 0.6) is 0 Å². The van der Waals surface area contributed by atoms with Crippen LogP contribution in [0.3, 0.4) is 0 Å². The molecule has 4 heteroatoms. The van der Waals surface area contributed by atoms with Gasteiger partial charge in [0.25, 0.3) is 0 Å². The Labute approximate surface area is 130 Å². The summed E-state index contributed by atoms with van der Waals surface area (Å²) in [5.41, 5.74) is 4.99. The Kier molecular flexibility index (Phi) is 2.97. The molecule has 116 valence electrons. The van der Waals surface area contributed by atoms with E-state index in [4.69, 9.17) is 9.57 Å². The molecule has 0 saturated carbocycles. The van der Waals surface area contributed by atoms with Crippen molar-refractivity contribution in [1.82, 2.24) is 5.06 Å². The zero-order chi connectivity index (χ0) is 15.5. The number of hydrogen-bond donors (Lipinski definition) is 0. The summed E-state index contributed by atoms with van der Waals surface area (Å²) in [6.07, 6.45) is 2.16. The fraction of sp³-hybridized carbons (Fsp3) is 0.500. The van der Waals surface area contributed by atoms with Gasteiger partial charge in [0, 0.05) is 32.4 Å². The Morgan fingerprint density at radius 2 is 1.95 bits per heavy atom. The maximum Gasteiger partial charge on any atom is 0.210 e. The van der Waals surface area contributed by atoms with E-state index in [1.807, 2.05) is 5.06 Å². The first kappa shape index (κ1) is 14.0. The van der Waals surface area contributed by atoms with Crippen molar-refractivity contribution in [3.63, 3.8) is 0 Å². The summed E-state index contributed by atoms with van der Waals surface area (Å²) in [4.78, 5) is 18.4. The fourth-order valence-corrected chi connectivity index (χ4v) is 4.15. The van der Waals surface area contributed by atoms with Crippen molar-refractivity contribution < 1.29 is 14.4 Å². The molecule has 4 rings (SSSR count). The molecule has 1 fully saturated rings. The topological polar surface area (TPSA) is 38.8 Å². The maximum atomic E-state index is 13.1. The van der Waals surface area contributed by atoms with Crippen molar-refractivity contribution in [1.29, 1.82) is 0 Å². The number of Topliss-reactive ketones (excluding diaryl/α,β-unsaturated/α-hetero) is 1. The number of piperidine rings is 1. The zero-order valence-corrected chi connectivity index (χ0v) is 13.4. The van der Waals surface area contributed by atoms with Crippen LogP contribution >= 0.6 is 0 Å². The molecule has 0 amide bonds. The molecule has 1 spiro atoms. The van der Waals surface area contributed by atoms with Gasteiger partial charge in [-0.25, -0.2) is 0 Å². The first-order valence-corrected chi connectivity index (χ1v) is 7.90. The summed E-state index contributed by atoms with van der Waals surface area (Å²) < 4.78 is 6.24. The lowest BCUT2D eigenvalue weighted by atomic mass is 9.83. The average molecular weight is 299 g/mol. The minimum absolute atomic E-state index is 0.184. The molecule has 1 aliphatic carbocycles. The van der Waals surface area contributed by atoms with E-state index in [-0.39, 0.29) is 5.78 Å².